The zero-order valence-electron chi connectivity index (χ0n) is 14.6. The van der Waals surface area contributed by atoms with Crippen molar-refractivity contribution in [1.29, 1.82) is 0 Å². The predicted octanol–water partition coefficient (Wildman–Crippen LogP) is 1.63. The number of hydrogen-bond acceptors (Lipinski definition) is 5. The first-order valence-corrected chi connectivity index (χ1v) is 9.36. The van der Waals surface area contributed by atoms with Crippen molar-refractivity contribution >= 4 is 23.2 Å². The number of ether oxygens (including phenoxy) is 1. The molecule has 0 aliphatic carbocycles. The van der Waals surface area contributed by atoms with E-state index in [1.54, 1.807) is 16.2 Å². The van der Waals surface area contributed by atoms with Gasteiger partial charge in [0.15, 0.2) is 6.10 Å². The molecule has 0 radical (unpaired) electrons. The average molecular weight is 374 g/mol. The molecule has 2 heterocycles. The Morgan fingerprint density at radius 3 is 2.77 bits per heavy atom. The third-order valence-corrected chi connectivity index (χ3v) is 5.41. The van der Waals surface area contributed by atoms with Crippen LogP contribution in [0.15, 0.2) is 41.8 Å². The number of carbonyl (C=O) groups is 2. The highest BCUT2D eigenvalue weighted by atomic mass is 32.1. The summed E-state index contributed by atoms with van der Waals surface area (Å²) in [4.78, 5) is 27.6. The van der Waals surface area contributed by atoms with Crippen molar-refractivity contribution in [2.75, 3.05) is 19.8 Å². The highest BCUT2D eigenvalue weighted by Crippen LogP contribution is 2.25. The summed E-state index contributed by atoms with van der Waals surface area (Å²) in [7, 11) is 0. The van der Waals surface area contributed by atoms with Crippen LogP contribution in [0, 0.1) is 6.92 Å². The lowest BCUT2D eigenvalue weighted by Crippen LogP contribution is -2.53. The molecule has 1 aliphatic rings. The minimum Gasteiger partial charge on any atom is -0.395 e. The molecule has 0 bridgehead atoms. The van der Waals surface area contributed by atoms with E-state index < -0.39 is 12.1 Å². The Hall–Kier alpha value is -2.22. The fourth-order valence-electron chi connectivity index (χ4n) is 2.99. The number of benzene rings is 1. The number of aliphatic hydroxyl groups excluding tert-OH is 1. The minimum absolute atomic E-state index is 0.134. The average Bonchev–Trinajstić information content (AvgIpc) is 3.06. The summed E-state index contributed by atoms with van der Waals surface area (Å²) in [6.45, 7) is 2.34. The topological polar surface area (TPSA) is 78.9 Å². The summed E-state index contributed by atoms with van der Waals surface area (Å²) in [5.74, 6) is -0.480. The van der Waals surface area contributed by atoms with Crippen LogP contribution in [0.5, 0.6) is 0 Å². The van der Waals surface area contributed by atoms with E-state index in [0.29, 0.717) is 6.54 Å². The van der Waals surface area contributed by atoms with Crippen LogP contribution in [-0.4, -0.2) is 47.7 Å². The summed E-state index contributed by atoms with van der Waals surface area (Å²) in [6.07, 6.45) is -0.818. The Balaban J connectivity index is 1.83. The first-order valence-electron chi connectivity index (χ1n) is 8.48. The van der Waals surface area contributed by atoms with Crippen LogP contribution in [0.1, 0.15) is 22.0 Å². The van der Waals surface area contributed by atoms with Crippen molar-refractivity contribution in [3.05, 3.63) is 57.8 Å². The van der Waals surface area contributed by atoms with Crippen molar-refractivity contribution < 1.29 is 19.4 Å². The number of aryl methyl sites for hydroxylation is 1. The van der Waals surface area contributed by atoms with E-state index in [2.05, 4.69) is 5.32 Å². The zero-order valence-corrected chi connectivity index (χ0v) is 15.4. The van der Waals surface area contributed by atoms with E-state index >= 15 is 0 Å². The smallest absolute Gasteiger partial charge is 0.254 e. The lowest BCUT2D eigenvalue weighted by molar-refractivity contribution is -0.156. The van der Waals surface area contributed by atoms with E-state index in [9.17, 15) is 14.7 Å². The van der Waals surface area contributed by atoms with Crippen molar-refractivity contribution in [2.45, 2.75) is 25.6 Å². The zero-order chi connectivity index (χ0) is 18.5. The number of nitrogens with one attached hydrogen (secondary N) is 1. The first-order chi connectivity index (χ1) is 12.6. The van der Waals surface area contributed by atoms with Gasteiger partial charge in [0.25, 0.3) is 5.91 Å². The molecule has 3 rings (SSSR count). The van der Waals surface area contributed by atoms with Gasteiger partial charge in [0, 0.05) is 11.4 Å². The van der Waals surface area contributed by atoms with Crippen molar-refractivity contribution in [3.63, 3.8) is 0 Å². The maximum atomic E-state index is 13.2. The number of nitrogens with zero attached hydrogens (tertiary/aromatic N) is 1. The Morgan fingerprint density at radius 1 is 1.35 bits per heavy atom. The summed E-state index contributed by atoms with van der Waals surface area (Å²) < 4.78 is 5.61. The summed E-state index contributed by atoms with van der Waals surface area (Å²) >= 11 is 1.58. The van der Waals surface area contributed by atoms with Gasteiger partial charge in [-0.15, -0.1) is 11.3 Å². The lowest BCUT2D eigenvalue weighted by Gasteiger charge is -2.35. The molecular weight excluding hydrogens is 352 g/mol. The molecule has 0 unspecified atom stereocenters. The number of aliphatic hydroxyl groups is 1. The van der Waals surface area contributed by atoms with Gasteiger partial charge in [-0.05, 0) is 29.5 Å². The summed E-state index contributed by atoms with van der Waals surface area (Å²) in [5, 5.41) is 14.2. The Morgan fingerprint density at radius 2 is 2.12 bits per heavy atom. The highest BCUT2D eigenvalue weighted by molar-refractivity contribution is 7.10. The number of carbonyl (C=O) groups excluding carboxylic acids is 2. The Bertz CT molecular complexity index is 762. The van der Waals surface area contributed by atoms with Crippen LogP contribution in [0.3, 0.4) is 0 Å². The maximum absolute atomic E-state index is 13.2. The number of amides is 2. The van der Waals surface area contributed by atoms with Crippen LogP contribution in [0.2, 0.25) is 0 Å². The molecular formula is C19H22N2O4S. The fourth-order valence-corrected chi connectivity index (χ4v) is 3.91. The van der Waals surface area contributed by atoms with Crippen LogP contribution < -0.4 is 5.32 Å². The second-order valence-corrected chi connectivity index (χ2v) is 7.20. The highest BCUT2D eigenvalue weighted by Gasteiger charge is 2.38. The Labute approximate surface area is 156 Å². The predicted molar refractivity (Wildman–Crippen MR) is 98.6 cm³/mol. The second-order valence-electron chi connectivity index (χ2n) is 6.20. The third kappa shape index (κ3) is 4.12. The van der Waals surface area contributed by atoms with Gasteiger partial charge in [-0.25, -0.2) is 0 Å². The molecule has 2 amide bonds. The summed E-state index contributed by atoms with van der Waals surface area (Å²) in [6, 6.07) is 10.8. The van der Waals surface area contributed by atoms with E-state index in [0.717, 1.165) is 16.0 Å². The normalized spacial score (nSPS) is 19.8. The van der Waals surface area contributed by atoms with Gasteiger partial charge in [0.2, 0.25) is 5.91 Å². The first kappa shape index (κ1) is 18.6. The van der Waals surface area contributed by atoms with Gasteiger partial charge in [0.05, 0.1) is 19.2 Å². The third-order valence-electron chi connectivity index (χ3n) is 4.40. The molecule has 2 aromatic rings. The van der Waals surface area contributed by atoms with Crippen molar-refractivity contribution in [3.8, 4) is 0 Å². The SMILES string of the molecule is Cc1ccsc1CN(CCO)C(=O)[C@H]1OCC(=O)N[C@@H]1c1ccccc1. The molecule has 6 nitrogen and oxygen atoms in total. The number of morpholine rings is 1. The largest absolute Gasteiger partial charge is 0.395 e. The molecule has 2 N–H and O–H groups in total. The molecule has 0 saturated carbocycles. The molecule has 1 fully saturated rings. The maximum Gasteiger partial charge on any atom is 0.254 e. The summed E-state index contributed by atoms with van der Waals surface area (Å²) in [5.41, 5.74) is 1.93. The van der Waals surface area contributed by atoms with Crippen LogP contribution in [0.4, 0.5) is 0 Å². The van der Waals surface area contributed by atoms with Gasteiger partial charge in [-0.1, -0.05) is 30.3 Å². The van der Waals surface area contributed by atoms with Crippen LogP contribution >= 0.6 is 11.3 Å². The second kappa shape index (κ2) is 8.44. The monoisotopic (exact) mass is 374 g/mol. The minimum atomic E-state index is -0.818. The van der Waals surface area contributed by atoms with Crippen LogP contribution in [-0.2, 0) is 20.9 Å². The quantitative estimate of drug-likeness (QED) is 0.806. The molecule has 2 atom stereocenters. The molecule has 1 saturated heterocycles. The van der Waals surface area contributed by atoms with Crippen LogP contribution in [0.25, 0.3) is 0 Å². The molecule has 0 spiro atoms. The van der Waals surface area contributed by atoms with Gasteiger partial charge >= 0.3 is 0 Å². The van der Waals surface area contributed by atoms with Crippen molar-refractivity contribution in [2.24, 2.45) is 0 Å². The standard InChI is InChI=1S/C19H22N2O4S/c1-13-7-10-26-15(13)11-21(8-9-22)19(24)18-17(20-16(23)12-25-18)14-5-3-2-4-6-14/h2-7,10,17-18,22H,8-9,11-12H2,1H3,(H,20,23)/t17-,18+/m1/s1. The van der Waals surface area contributed by atoms with E-state index in [-0.39, 0.29) is 31.6 Å². The number of thiophene rings is 1. The molecule has 1 aromatic heterocycles. The van der Waals surface area contributed by atoms with Gasteiger partial charge in [-0.3, -0.25) is 9.59 Å². The molecule has 1 aliphatic heterocycles. The number of hydrogen-bond donors (Lipinski definition) is 2. The van der Waals surface area contributed by atoms with Gasteiger partial charge in [0.1, 0.15) is 6.61 Å². The fraction of sp³-hybridized carbons (Fsp3) is 0.368. The molecule has 1 aromatic carbocycles. The molecule has 138 valence electrons. The van der Waals surface area contributed by atoms with Gasteiger partial charge < -0.3 is 20.1 Å². The lowest BCUT2D eigenvalue weighted by atomic mass is 9.98. The van der Waals surface area contributed by atoms with E-state index in [4.69, 9.17) is 4.74 Å². The van der Waals surface area contributed by atoms with E-state index in [1.807, 2.05) is 48.7 Å². The number of rotatable bonds is 6. The van der Waals surface area contributed by atoms with Gasteiger partial charge in [-0.2, -0.15) is 0 Å². The molecule has 7 heteroatoms. The Kier molecular flexibility index (Phi) is 6.03. The molecule has 26 heavy (non-hydrogen) atoms. The van der Waals surface area contributed by atoms with E-state index in [1.165, 1.54) is 0 Å². The van der Waals surface area contributed by atoms with Crippen molar-refractivity contribution in [1.82, 2.24) is 10.2 Å².